The SMILES string of the molecule is Cc1ccc(Cn2ccnc2SCC(=O)Nc2nc(C)cs2)cc1. The van der Waals surface area contributed by atoms with Crippen molar-refractivity contribution in [2.45, 2.75) is 25.5 Å². The van der Waals surface area contributed by atoms with Crippen LogP contribution in [0.3, 0.4) is 0 Å². The van der Waals surface area contributed by atoms with Crippen LogP contribution in [0.15, 0.2) is 47.2 Å². The van der Waals surface area contributed by atoms with Gasteiger partial charge in [0.2, 0.25) is 5.91 Å². The van der Waals surface area contributed by atoms with Gasteiger partial charge in [0.1, 0.15) is 0 Å². The largest absolute Gasteiger partial charge is 0.322 e. The number of imidazole rings is 1. The van der Waals surface area contributed by atoms with E-state index in [1.807, 2.05) is 18.5 Å². The first-order valence-corrected chi connectivity index (χ1v) is 9.38. The zero-order valence-corrected chi connectivity index (χ0v) is 15.2. The van der Waals surface area contributed by atoms with Crippen molar-refractivity contribution in [2.75, 3.05) is 11.1 Å². The van der Waals surface area contributed by atoms with E-state index in [0.29, 0.717) is 10.9 Å². The topological polar surface area (TPSA) is 59.8 Å². The highest BCUT2D eigenvalue weighted by Crippen LogP contribution is 2.19. The highest BCUT2D eigenvalue weighted by Gasteiger charge is 2.10. The molecule has 1 aromatic carbocycles. The summed E-state index contributed by atoms with van der Waals surface area (Å²) < 4.78 is 2.05. The first-order chi connectivity index (χ1) is 11.6. The third-order valence-electron chi connectivity index (χ3n) is 3.35. The van der Waals surface area contributed by atoms with Crippen LogP contribution >= 0.6 is 23.1 Å². The molecule has 0 saturated carbocycles. The number of carbonyl (C=O) groups is 1. The molecular formula is C17H18N4OS2. The number of thioether (sulfide) groups is 1. The lowest BCUT2D eigenvalue weighted by molar-refractivity contribution is -0.113. The van der Waals surface area contributed by atoms with E-state index < -0.39 is 0 Å². The number of aromatic nitrogens is 3. The van der Waals surface area contributed by atoms with Crippen LogP contribution in [-0.4, -0.2) is 26.2 Å². The highest BCUT2D eigenvalue weighted by molar-refractivity contribution is 7.99. The Morgan fingerprint density at radius 2 is 2.08 bits per heavy atom. The molecule has 2 heterocycles. The first-order valence-electron chi connectivity index (χ1n) is 7.51. The van der Waals surface area contributed by atoms with E-state index in [1.165, 1.54) is 34.2 Å². The average Bonchev–Trinajstić information content (AvgIpc) is 3.16. The van der Waals surface area contributed by atoms with Crippen LogP contribution in [0.4, 0.5) is 5.13 Å². The summed E-state index contributed by atoms with van der Waals surface area (Å²) in [5.74, 6) is 0.239. The number of thiazole rings is 1. The number of hydrogen-bond donors (Lipinski definition) is 1. The number of hydrogen-bond acceptors (Lipinski definition) is 5. The van der Waals surface area contributed by atoms with Gasteiger partial charge in [-0.3, -0.25) is 4.79 Å². The average molecular weight is 358 g/mol. The molecule has 5 nitrogen and oxygen atoms in total. The maximum Gasteiger partial charge on any atom is 0.236 e. The van der Waals surface area contributed by atoms with E-state index in [9.17, 15) is 4.79 Å². The molecule has 3 aromatic rings. The van der Waals surface area contributed by atoms with Gasteiger partial charge in [-0.15, -0.1) is 11.3 Å². The van der Waals surface area contributed by atoms with Crippen LogP contribution in [0.25, 0.3) is 0 Å². The predicted octanol–water partition coefficient (Wildman–Crippen LogP) is 3.74. The van der Waals surface area contributed by atoms with Crippen molar-refractivity contribution in [1.29, 1.82) is 0 Å². The third-order valence-corrected chi connectivity index (χ3v) is 5.23. The number of anilines is 1. The zero-order valence-electron chi connectivity index (χ0n) is 13.5. The minimum Gasteiger partial charge on any atom is -0.322 e. The quantitative estimate of drug-likeness (QED) is 0.682. The van der Waals surface area contributed by atoms with Crippen LogP contribution < -0.4 is 5.32 Å². The van der Waals surface area contributed by atoms with Gasteiger partial charge in [-0.2, -0.15) is 0 Å². The summed E-state index contributed by atoms with van der Waals surface area (Å²) in [6, 6.07) is 8.42. The lowest BCUT2D eigenvalue weighted by Gasteiger charge is -2.08. The minimum absolute atomic E-state index is 0.0702. The van der Waals surface area contributed by atoms with Crippen molar-refractivity contribution in [3.8, 4) is 0 Å². The van der Waals surface area contributed by atoms with E-state index in [1.54, 1.807) is 6.20 Å². The standard InChI is InChI=1S/C17H18N4OS2/c1-12-3-5-14(6-4-12)9-21-8-7-18-17(21)24-11-15(22)20-16-19-13(2)10-23-16/h3-8,10H,9,11H2,1-2H3,(H,19,20,22). The lowest BCUT2D eigenvalue weighted by Crippen LogP contribution is -2.14. The van der Waals surface area contributed by atoms with Crippen LogP contribution in [-0.2, 0) is 11.3 Å². The molecule has 3 rings (SSSR count). The summed E-state index contributed by atoms with van der Waals surface area (Å²) in [6.45, 7) is 4.73. The number of rotatable bonds is 6. The Morgan fingerprint density at radius 3 is 2.79 bits per heavy atom. The molecule has 0 atom stereocenters. The molecule has 0 bridgehead atoms. The zero-order chi connectivity index (χ0) is 16.9. The molecular weight excluding hydrogens is 340 g/mol. The van der Waals surface area contributed by atoms with E-state index in [0.717, 1.165) is 17.4 Å². The normalized spacial score (nSPS) is 10.8. The molecule has 0 aliphatic carbocycles. The number of aryl methyl sites for hydroxylation is 2. The van der Waals surface area contributed by atoms with Gasteiger partial charge in [-0.1, -0.05) is 41.6 Å². The van der Waals surface area contributed by atoms with Gasteiger partial charge < -0.3 is 9.88 Å². The Bertz CT molecular complexity index is 823. The molecule has 2 aromatic heterocycles. The summed E-state index contributed by atoms with van der Waals surface area (Å²) in [6.07, 6.45) is 3.70. The van der Waals surface area contributed by atoms with Crippen molar-refractivity contribution in [3.63, 3.8) is 0 Å². The summed E-state index contributed by atoms with van der Waals surface area (Å²) in [4.78, 5) is 20.6. The molecule has 0 unspecified atom stereocenters. The summed E-state index contributed by atoms with van der Waals surface area (Å²) in [7, 11) is 0. The fourth-order valence-electron chi connectivity index (χ4n) is 2.14. The van der Waals surface area contributed by atoms with Crippen LogP contribution in [0.1, 0.15) is 16.8 Å². The van der Waals surface area contributed by atoms with Gasteiger partial charge in [-0.05, 0) is 19.4 Å². The number of carbonyl (C=O) groups excluding carboxylic acids is 1. The van der Waals surface area contributed by atoms with Crippen molar-refractivity contribution in [1.82, 2.24) is 14.5 Å². The third kappa shape index (κ3) is 4.46. The van der Waals surface area contributed by atoms with Gasteiger partial charge in [0.05, 0.1) is 11.4 Å². The Labute approximate surface area is 149 Å². The van der Waals surface area contributed by atoms with Gasteiger partial charge in [0.25, 0.3) is 0 Å². The maximum absolute atomic E-state index is 12.0. The molecule has 24 heavy (non-hydrogen) atoms. The number of nitrogens with one attached hydrogen (secondary N) is 1. The molecule has 0 fully saturated rings. The van der Waals surface area contributed by atoms with E-state index in [4.69, 9.17) is 0 Å². The summed E-state index contributed by atoms with van der Waals surface area (Å²) >= 11 is 2.86. The monoisotopic (exact) mass is 358 g/mol. The molecule has 0 spiro atoms. The van der Waals surface area contributed by atoms with Crippen LogP contribution in [0.2, 0.25) is 0 Å². The van der Waals surface area contributed by atoms with E-state index >= 15 is 0 Å². The van der Waals surface area contributed by atoms with Crippen molar-refractivity contribution >= 4 is 34.1 Å². The molecule has 1 N–H and O–H groups in total. The number of benzene rings is 1. The fourth-order valence-corrected chi connectivity index (χ4v) is 3.61. The maximum atomic E-state index is 12.0. The van der Waals surface area contributed by atoms with Crippen LogP contribution in [0, 0.1) is 13.8 Å². The summed E-state index contributed by atoms with van der Waals surface area (Å²) in [5, 5.41) is 6.20. The second-order valence-electron chi connectivity index (χ2n) is 5.45. The molecule has 0 radical (unpaired) electrons. The van der Waals surface area contributed by atoms with Crippen molar-refractivity contribution in [3.05, 3.63) is 58.9 Å². The van der Waals surface area contributed by atoms with E-state index in [-0.39, 0.29) is 5.91 Å². The Balaban J connectivity index is 1.57. The molecule has 1 amide bonds. The second kappa shape index (κ2) is 7.63. The minimum atomic E-state index is -0.0702. The Hall–Kier alpha value is -2.12. The first kappa shape index (κ1) is 16.7. The van der Waals surface area contributed by atoms with Gasteiger partial charge in [-0.25, -0.2) is 9.97 Å². The molecule has 0 aliphatic heterocycles. The van der Waals surface area contributed by atoms with E-state index in [2.05, 4.69) is 51.0 Å². The molecule has 0 aliphatic rings. The second-order valence-corrected chi connectivity index (χ2v) is 7.25. The van der Waals surface area contributed by atoms with Crippen molar-refractivity contribution < 1.29 is 4.79 Å². The fraction of sp³-hybridized carbons (Fsp3) is 0.235. The van der Waals surface area contributed by atoms with Gasteiger partial charge >= 0.3 is 0 Å². The molecule has 0 saturated heterocycles. The summed E-state index contributed by atoms with van der Waals surface area (Å²) in [5.41, 5.74) is 3.37. The molecule has 124 valence electrons. The lowest BCUT2D eigenvalue weighted by atomic mass is 10.1. The smallest absolute Gasteiger partial charge is 0.236 e. The predicted molar refractivity (Wildman–Crippen MR) is 98.7 cm³/mol. The molecule has 7 heteroatoms. The Morgan fingerprint density at radius 1 is 1.29 bits per heavy atom. The van der Waals surface area contributed by atoms with Gasteiger partial charge in [0, 0.05) is 24.3 Å². The van der Waals surface area contributed by atoms with Gasteiger partial charge in [0.15, 0.2) is 10.3 Å². The van der Waals surface area contributed by atoms with Crippen LogP contribution in [0.5, 0.6) is 0 Å². The number of nitrogens with zero attached hydrogens (tertiary/aromatic N) is 3. The number of amides is 1. The van der Waals surface area contributed by atoms with Crippen molar-refractivity contribution in [2.24, 2.45) is 0 Å². The Kier molecular flexibility index (Phi) is 5.32. The highest BCUT2D eigenvalue weighted by atomic mass is 32.2.